The fraction of sp³-hybridized carbons (Fsp3) is 0.333. The van der Waals surface area contributed by atoms with Crippen molar-refractivity contribution in [3.63, 3.8) is 0 Å². The minimum atomic E-state index is -3.86. The average Bonchev–Trinajstić information content (AvgIpc) is 3.20. The molecule has 4 rings (SSSR count). The van der Waals surface area contributed by atoms with Gasteiger partial charge in [-0.2, -0.15) is 4.31 Å². The Balaban J connectivity index is 1.41. The zero-order valence-corrected chi connectivity index (χ0v) is 20.5. The van der Waals surface area contributed by atoms with Crippen molar-refractivity contribution in [2.24, 2.45) is 5.92 Å². The molecule has 0 spiro atoms. The first-order chi connectivity index (χ1) is 15.6. The Kier molecular flexibility index (Phi) is 6.45. The number of thiazole rings is 1. The van der Waals surface area contributed by atoms with Crippen LogP contribution >= 0.6 is 11.3 Å². The van der Waals surface area contributed by atoms with Gasteiger partial charge < -0.3 is 10.1 Å². The van der Waals surface area contributed by atoms with Crippen molar-refractivity contribution >= 4 is 52.5 Å². The number of piperidine rings is 1. The van der Waals surface area contributed by atoms with Crippen molar-refractivity contribution in [2.45, 2.75) is 22.6 Å². The number of nitrogens with zero attached hydrogens (tertiary/aromatic N) is 2. The van der Waals surface area contributed by atoms with Crippen LogP contribution in [0.15, 0.2) is 52.3 Å². The highest BCUT2D eigenvalue weighted by molar-refractivity contribution is 7.91. The van der Waals surface area contributed by atoms with Gasteiger partial charge >= 0.3 is 0 Å². The first-order valence-electron chi connectivity index (χ1n) is 10.1. The van der Waals surface area contributed by atoms with E-state index in [-0.39, 0.29) is 34.7 Å². The number of ether oxygens (including phenoxy) is 1. The lowest BCUT2D eigenvalue weighted by Gasteiger charge is -2.30. The number of sulfonamides is 1. The van der Waals surface area contributed by atoms with Crippen LogP contribution in [0.1, 0.15) is 12.8 Å². The van der Waals surface area contributed by atoms with E-state index in [1.54, 1.807) is 13.2 Å². The standard InChI is InChI=1S/C21H23N3O6S3/c1-30-15-6-7-18-19(12-15)31-21(22-18)23-20(25)14-8-10-24(11-9-14)33(28,29)17-5-3-4-16(13-17)32(2,26)27/h3-7,12-14H,8-11H2,1-2H3,(H,22,23,25). The van der Waals surface area contributed by atoms with E-state index in [9.17, 15) is 21.6 Å². The maximum Gasteiger partial charge on any atom is 0.243 e. The molecular weight excluding hydrogens is 486 g/mol. The fourth-order valence-electron chi connectivity index (χ4n) is 3.67. The number of sulfone groups is 1. The van der Waals surface area contributed by atoms with E-state index in [2.05, 4.69) is 10.3 Å². The molecular formula is C21H23N3O6S3. The molecule has 1 aliphatic heterocycles. The zero-order chi connectivity index (χ0) is 23.8. The van der Waals surface area contributed by atoms with E-state index in [1.807, 2.05) is 12.1 Å². The summed E-state index contributed by atoms with van der Waals surface area (Å²) in [5.41, 5.74) is 0.758. The molecule has 0 atom stereocenters. The van der Waals surface area contributed by atoms with Crippen LogP contribution < -0.4 is 10.1 Å². The number of benzene rings is 2. The Bertz CT molecular complexity index is 1410. The predicted octanol–water partition coefficient (Wildman–Crippen LogP) is 2.75. The molecule has 0 saturated carbocycles. The molecule has 0 aliphatic carbocycles. The summed E-state index contributed by atoms with van der Waals surface area (Å²) in [5, 5.41) is 3.32. The minimum Gasteiger partial charge on any atom is -0.497 e. The largest absolute Gasteiger partial charge is 0.497 e. The van der Waals surface area contributed by atoms with Gasteiger partial charge in [-0.25, -0.2) is 21.8 Å². The Morgan fingerprint density at radius 1 is 1.09 bits per heavy atom. The Hall–Kier alpha value is -2.54. The molecule has 0 bridgehead atoms. The third-order valence-corrected chi connectivity index (χ3v) is 9.46. The monoisotopic (exact) mass is 509 g/mol. The highest BCUT2D eigenvalue weighted by Crippen LogP contribution is 2.31. The van der Waals surface area contributed by atoms with Crippen molar-refractivity contribution in [3.05, 3.63) is 42.5 Å². The van der Waals surface area contributed by atoms with Gasteiger partial charge in [0.2, 0.25) is 15.9 Å². The van der Waals surface area contributed by atoms with E-state index in [1.165, 1.54) is 39.9 Å². The molecule has 1 N–H and O–H groups in total. The third-order valence-electron chi connectivity index (χ3n) is 5.52. The lowest BCUT2D eigenvalue weighted by Crippen LogP contribution is -2.41. The minimum absolute atomic E-state index is 0.0497. The number of nitrogens with one attached hydrogen (secondary N) is 1. The molecule has 1 fully saturated rings. The zero-order valence-electron chi connectivity index (χ0n) is 18.0. The van der Waals surface area contributed by atoms with E-state index in [4.69, 9.17) is 4.74 Å². The van der Waals surface area contributed by atoms with Gasteiger partial charge in [-0.15, -0.1) is 0 Å². The molecule has 1 saturated heterocycles. The number of rotatable bonds is 6. The second-order valence-electron chi connectivity index (χ2n) is 7.77. The summed E-state index contributed by atoms with van der Waals surface area (Å²) in [4.78, 5) is 17.0. The van der Waals surface area contributed by atoms with Gasteiger partial charge in [-0.1, -0.05) is 17.4 Å². The summed E-state index contributed by atoms with van der Waals surface area (Å²) in [5.74, 6) is 0.164. The molecule has 2 heterocycles. The highest BCUT2D eigenvalue weighted by atomic mass is 32.2. The van der Waals surface area contributed by atoms with Crippen molar-refractivity contribution < 1.29 is 26.4 Å². The van der Waals surface area contributed by atoms with Crippen molar-refractivity contribution in [2.75, 3.05) is 31.8 Å². The lowest BCUT2D eigenvalue weighted by atomic mass is 9.97. The summed E-state index contributed by atoms with van der Waals surface area (Å²) in [7, 11) is -5.81. The molecule has 176 valence electrons. The number of amides is 1. The summed E-state index contributed by atoms with van der Waals surface area (Å²) < 4.78 is 57.0. The van der Waals surface area contributed by atoms with Gasteiger partial charge in [0.05, 0.1) is 27.1 Å². The number of methoxy groups -OCH3 is 1. The smallest absolute Gasteiger partial charge is 0.243 e. The number of hydrogen-bond donors (Lipinski definition) is 1. The number of anilines is 1. The van der Waals surface area contributed by atoms with Crippen LogP contribution in [0, 0.1) is 5.92 Å². The van der Waals surface area contributed by atoms with Gasteiger partial charge in [-0.05, 0) is 49.2 Å². The number of aromatic nitrogens is 1. The Morgan fingerprint density at radius 2 is 1.79 bits per heavy atom. The van der Waals surface area contributed by atoms with Crippen LogP contribution in [-0.4, -0.2) is 58.5 Å². The van der Waals surface area contributed by atoms with Crippen LogP contribution in [0.4, 0.5) is 5.13 Å². The number of fused-ring (bicyclic) bond motifs is 1. The number of carbonyl (C=O) groups excluding carboxylic acids is 1. The van der Waals surface area contributed by atoms with E-state index < -0.39 is 19.9 Å². The summed E-state index contributed by atoms with van der Waals surface area (Å²) in [6, 6.07) is 10.8. The second kappa shape index (κ2) is 9.01. The highest BCUT2D eigenvalue weighted by Gasteiger charge is 2.32. The van der Waals surface area contributed by atoms with E-state index in [0.29, 0.717) is 23.7 Å². The van der Waals surface area contributed by atoms with E-state index in [0.717, 1.165) is 16.5 Å². The van der Waals surface area contributed by atoms with Crippen molar-refractivity contribution in [3.8, 4) is 5.75 Å². The molecule has 1 aliphatic rings. The molecule has 2 aromatic carbocycles. The Labute approximate surface area is 196 Å². The van der Waals surface area contributed by atoms with E-state index >= 15 is 0 Å². The predicted molar refractivity (Wildman–Crippen MR) is 126 cm³/mol. The van der Waals surface area contributed by atoms with Crippen molar-refractivity contribution in [1.82, 2.24) is 9.29 Å². The molecule has 1 aromatic heterocycles. The van der Waals surface area contributed by atoms with Crippen LogP contribution in [0.3, 0.4) is 0 Å². The Morgan fingerprint density at radius 3 is 2.45 bits per heavy atom. The van der Waals surface area contributed by atoms with Crippen LogP contribution in [-0.2, 0) is 24.7 Å². The topological polar surface area (TPSA) is 123 Å². The van der Waals surface area contributed by atoms with Gasteiger partial charge in [0.1, 0.15) is 5.75 Å². The molecule has 1 amide bonds. The first kappa shape index (κ1) is 23.6. The SMILES string of the molecule is COc1ccc2nc(NC(=O)C3CCN(S(=O)(=O)c4cccc(S(C)(=O)=O)c4)CC3)sc2c1. The molecule has 0 radical (unpaired) electrons. The summed E-state index contributed by atoms with van der Waals surface area (Å²) in [6.07, 6.45) is 1.75. The fourth-order valence-corrected chi connectivity index (χ4v) is 6.82. The molecule has 33 heavy (non-hydrogen) atoms. The van der Waals surface area contributed by atoms with Gasteiger partial charge in [-0.3, -0.25) is 4.79 Å². The van der Waals surface area contributed by atoms with Gasteiger partial charge in [0, 0.05) is 25.3 Å². The maximum atomic E-state index is 13.0. The number of hydrogen-bond acceptors (Lipinski definition) is 8. The quantitative estimate of drug-likeness (QED) is 0.542. The lowest BCUT2D eigenvalue weighted by molar-refractivity contribution is -0.120. The molecule has 0 unspecified atom stereocenters. The van der Waals surface area contributed by atoms with Gasteiger partial charge in [0.25, 0.3) is 0 Å². The maximum absolute atomic E-state index is 13.0. The number of carbonyl (C=O) groups is 1. The van der Waals surface area contributed by atoms with Crippen LogP contribution in [0.2, 0.25) is 0 Å². The average molecular weight is 510 g/mol. The second-order valence-corrected chi connectivity index (χ2v) is 12.8. The van der Waals surface area contributed by atoms with Crippen LogP contribution in [0.25, 0.3) is 10.2 Å². The van der Waals surface area contributed by atoms with Gasteiger partial charge in [0.15, 0.2) is 15.0 Å². The molecule has 12 heteroatoms. The van der Waals surface area contributed by atoms with Crippen molar-refractivity contribution in [1.29, 1.82) is 0 Å². The van der Waals surface area contributed by atoms with Crippen LogP contribution in [0.5, 0.6) is 5.75 Å². The first-order valence-corrected chi connectivity index (χ1v) is 14.3. The summed E-state index contributed by atoms with van der Waals surface area (Å²) >= 11 is 1.35. The molecule has 9 nitrogen and oxygen atoms in total. The summed E-state index contributed by atoms with van der Waals surface area (Å²) in [6.45, 7) is 0.334. The molecule has 3 aromatic rings. The normalized spacial score (nSPS) is 16.1. The third kappa shape index (κ3) is 5.03.